The molecule has 9 nitrogen and oxygen atoms in total. The van der Waals surface area contributed by atoms with Crippen LogP contribution < -0.4 is 10.6 Å². The summed E-state index contributed by atoms with van der Waals surface area (Å²) in [6.45, 7) is 9.82. The van der Waals surface area contributed by atoms with Crippen molar-refractivity contribution in [2.45, 2.75) is 52.7 Å². The van der Waals surface area contributed by atoms with E-state index in [0.29, 0.717) is 17.5 Å². The fourth-order valence-corrected chi connectivity index (χ4v) is 1.90. The Morgan fingerprint density at radius 2 is 2.18 bits per heavy atom. The van der Waals surface area contributed by atoms with Gasteiger partial charge in [-0.3, -0.25) is 0 Å². The Morgan fingerprint density at radius 1 is 1.45 bits per heavy atom. The maximum Gasteiger partial charge on any atom is 0.315 e. The van der Waals surface area contributed by atoms with Crippen LogP contribution in [0.15, 0.2) is 10.9 Å². The first kappa shape index (κ1) is 15.9. The van der Waals surface area contributed by atoms with Crippen LogP contribution >= 0.6 is 0 Å². The van der Waals surface area contributed by atoms with Crippen molar-refractivity contribution in [2.24, 2.45) is 0 Å². The fourth-order valence-electron chi connectivity index (χ4n) is 1.90. The Hall–Kier alpha value is -2.45. The molecule has 0 spiro atoms. The topological polar surface area (TPSA) is 111 Å². The second-order valence-corrected chi connectivity index (χ2v) is 5.99. The molecule has 0 unspecified atom stereocenters. The third-order valence-electron chi connectivity index (χ3n) is 2.92. The first-order chi connectivity index (χ1) is 10.3. The number of nitrogens with one attached hydrogen (secondary N) is 2. The Bertz CT molecular complexity index is 641. The van der Waals surface area contributed by atoms with E-state index in [9.17, 15) is 4.79 Å². The highest BCUT2D eigenvalue weighted by Gasteiger charge is 2.19. The first-order valence-corrected chi connectivity index (χ1v) is 7.01. The second kappa shape index (κ2) is 6.12. The summed E-state index contributed by atoms with van der Waals surface area (Å²) in [5, 5.41) is 13.3. The normalized spacial score (nSPS) is 13.0. The summed E-state index contributed by atoms with van der Waals surface area (Å²) in [6, 6.07) is -0.714. The van der Waals surface area contributed by atoms with Gasteiger partial charge in [0.05, 0.1) is 12.1 Å². The second-order valence-electron chi connectivity index (χ2n) is 5.99. The molecule has 0 bridgehead atoms. The molecule has 0 fully saturated rings. The summed E-state index contributed by atoms with van der Waals surface area (Å²) < 4.78 is 6.79. The van der Waals surface area contributed by atoms with Crippen LogP contribution in [0, 0.1) is 6.92 Å². The highest BCUT2D eigenvalue weighted by atomic mass is 16.5. The zero-order valence-electron chi connectivity index (χ0n) is 13.4. The number of amides is 2. The lowest BCUT2D eigenvalue weighted by Crippen LogP contribution is -2.38. The smallest absolute Gasteiger partial charge is 0.315 e. The molecular formula is C13H21N7O2. The number of aromatic nitrogens is 5. The van der Waals surface area contributed by atoms with Crippen molar-refractivity contribution in [3.05, 3.63) is 23.9 Å². The van der Waals surface area contributed by atoms with E-state index in [1.807, 2.05) is 20.8 Å². The SMILES string of the molecule is Cc1noc([C@H](C)NC(=O)NCc2ncnn2C(C)(C)C)n1. The first-order valence-electron chi connectivity index (χ1n) is 7.01. The van der Waals surface area contributed by atoms with E-state index in [1.54, 1.807) is 18.5 Å². The van der Waals surface area contributed by atoms with E-state index in [-0.39, 0.29) is 24.2 Å². The minimum Gasteiger partial charge on any atom is -0.337 e. The Balaban J connectivity index is 1.90. The summed E-state index contributed by atoms with van der Waals surface area (Å²) in [6.07, 6.45) is 1.48. The molecule has 2 amide bonds. The molecule has 22 heavy (non-hydrogen) atoms. The molecule has 0 aromatic carbocycles. The van der Waals surface area contributed by atoms with Crippen molar-refractivity contribution in [3.8, 4) is 0 Å². The standard InChI is InChI=1S/C13H21N7O2/c1-8(11-18-9(2)19-22-11)17-12(21)14-6-10-15-7-16-20(10)13(3,4)5/h7-8H,6H2,1-5H3,(H2,14,17,21)/t8-/m0/s1. The lowest BCUT2D eigenvalue weighted by atomic mass is 10.1. The van der Waals surface area contributed by atoms with Gasteiger partial charge in [0, 0.05) is 0 Å². The zero-order valence-corrected chi connectivity index (χ0v) is 13.4. The van der Waals surface area contributed by atoms with Gasteiger partial charge in [0.15, 0.2) is 5.82 Å². The van der Waals surface area contributed by atoms with Gasteiger partial charge in [0.25, 0.3) is 0 Å². The molecule has 2 rings (SSSR count). The number of carbonyl (C=O) groups excluding carboxylic acids is 1. The summed E-state index contributed by atoms with van der Waals surface area (Å²) in [5.41, 5.74) is -0.196. The van der Waals surface area contributed by atoms with E-state index >= 15 is 0 Å². The van der Waals surface area contributed by atoms with Gasteiger partial charge in [0.1, 0.15) is 18.2 Å². The number of nitrogens with zero attached hydrogens (tertiary/aromatic N) is 5. The third kappa shape index (κ3) is 3.80. The Kier molecular flexibility index (Phi) is 4.43. The van der Waals surface area contributed by atoms with Gasteiger partial charge in [-0.15, -0.1) is 0 Å². The van der Waals surface area contributed by atoms with Crippen LogP contribution in [0.3, 0.4) is 0 Å². The molecule has 1 atom stereocenters. The average molecular weight is 307 g/mol. The number of rotatable bonds is 4. The van der Waals surface area contributed by atoms with Gasteiger partial charge in [-0.05, 0) is 34.6 Å². The van der Waals surface area contributed by atoms with E-state index in [1.165, 1.54) is 6.33 Å². The van der Waals surface area contributed by atoms with Gasteiger partial charge in [-0.25, -0.2) is 14.5 Å². The minimum absolute atomic E-state index is 0.196. The molecular weight excluding hydrogens is 286 g/mol. The average Bonchev–Trinajstić information content (AvgIpc) is 3.04. The van der Waals surface area contributed by atoms with Crippen LogP contribution in [-0.4, -0.2) is 30.9 Å². The van der Waals surface area contributed by atoms with E-state index in [4.69, 9.17) is 4.52 Å². The number of carbonyl (C=O) groups is 1. The molecule has 2 aromatic rings. The lowest BCUT2D eigenvalue weighted by molar-refractivity contribution is 0.232. The minimum atomic E-state index is -0.373. The van der Waals surface area contributed by atoms with E-state index in [0.717, 1.165) is 0 Å². The van der Waals surface area contributed by atoms with Crippen LogP contribution in [0.2, 0.25) is 0 Å². The number of hydrogen-bond acceptors (Lipinski definition) is 6. The largest absolute Gasteiger partial charge is 0.337 e. The predicted molar refractivity (Wildman–Crippen MR) is 77.8 cm³/mol. The molecule has 2 N–H and O–H groups in total. The Labute approximate surface area is 128 Å². The molecule has 0 aliphatic carbocycles. The lowest BCUT2D eigenvalue weighted by Gasteiger charge is -2.21. The summed E-state index contributed by atoms with van der Waals surface area (Å²) in [4.78, 5) is 20.2. The van der Waals surface area contributed by atoms with Crippen molar-refractivity contribution in [1.82, 2.24) is 35.5 Å². The number of hydrogen-bond donors (Lipinski definition) is 2. The molecule has 0 saturated carbocycles. The summed E-state index contributed by atoms with van der Waals surface area (Å²) in [7, 11) is 0. The van der Waals surface area contributed by atoms with Gasteiger partial charge in [-0.1, -0.05) is 5.16 Å². The third-order valence-corrected chi connectivity index (χ3v) is 2.92. The van der Waals surface area contributed by atoms with Crippen molar-refractivity contribution in [3.63, 3.8) is 0 Å². The van der Waals surface area contributed by atoms with Gasteiger partial charge >= 0.3 is 6.03 Å². The van der Waals surface area contributed by atoms with Crippen molar-refractivity contribution >= 4 is 6.03 Å². The van der Waals surface area contributed by atoms with Crippen molar-refractivity contribution in [1.29, 1.82) is 0 Å². The van der Waals surface area contributed by atoms with Crippen molar-refractivity contribution in [2.75, 3.05) is 0 Å². The highest BCUT2D eigenvalue weighted by molar-refractivity contribution is 5.74. The number of urea groups is 1. The maximum absolute atomic E-state index is 11.9. The molecule has 9 heteroatoms. The summed E-state index contributed by atoms with van der Waals surface area (Å²) in [5.74, 6) is 1.58. The van der Waals surface area contributed by atoms with Gasteiger partial charge < -0.3 is 15.2 Å². The van der Waals surface area contributed by atoms with Crippen LogP contribution in [-0.2, 0) is 12.1 Å². The molecule has 0 radical (unpaired) electrons. The van der Waals surface area contributed by atoms with Gasteiger partial charge in [-0.2, -0.15) is 10.1 Å². The Morgan fingerprint density at radius 3 is 2.77 bits per heavy atom. The van der Waals surface area contributed by atoms with Crippen molar-refractivity contribution < 1.29 is 9.32 Å². The van der Waals surface area contributed by atoms with E-state index < -0.39 is 0 Å². The quantitative estimate of drug-likeness (QED) is 0.880. The molecule has 0 aliphatic heterocycles. The van der Waals surface area contributed by atoms with Gasteiger partial charge in [0.2, 0.25) is 5.89 Å². The predicted octanol–water partition coefficient (Wildman–Crippen LogP) is 1.28. The fraction of sp³-hybridized carbons (Fsp3) is 0.615. The number of aryl methyl sites for hydroxylation is 1. The van der Waals surface area contributed by atoms with E-state index in [2.05, 4.69) is 30.9 Å². The molecule has 2 heterocycles. The van der Waals surface area contributed by atoms with Crippen LogP contribution in [0.5, 0.6) is 0 Å². The maximum atomic E-state index is 11.9. The zero-order chi connectivity index (χ0) is 16.3. The molecule has 120 valence electrons. The van der Waals surface area contributed by atoms with Crippen LogP contribution in [0.25, 0.3) is 0 Å². The molecule has 0 saturated heterocycles. The summed E-state index contributed by atoms with van der Waals surface area (Å²) >= 11 is 0. The van der Waals surface area contributed by atoms with Crippen LogP contribution in [0.1, 0.15) is 51.3 Å². The molecule has 0 aliphatic rings. The monoisotopic (exact) mass is 307 g/mol. The van der Waals surface area contributed by atoms with Crippen LogP contribution in [0.4, 0.5) is 4.79 Å². The molecule has 2 aromatic heterocycles. The highest BCUT2D eigenvalue weighted by Crippen LogP contribution is 2.13.